The lowest BCUT2D eigenvalue weighted by Crippen LogP contribution is -2.45. The zero-order valence-corrected chi connectivity index (χ0v) is 17.8. The normalized spacial score (nSPS) is 15.2. The van der Waals surface area contributed by atoms with Crippen molar-refractivity contribution in [3.8, 4) is 0 Å². The van der Waals surface area contributed by atoms with E-state index in [9.17, 15) is 17.8 Å². The summed E-state index contributed by atoms with van der Waals surface area (Å²) in [5.74, 6) is -1.47. The molecule has 0 aliphatic rings. The third kappa shape index (κ3) is 8.05. The largest absolute Gasteiger partial charge is 0.466 e. The molecule has 27 heavy (non-hydrogen) atoms. The number of hydrogen-bond donors (Lipinski definition) is 0. The second-order valence-electron chi connectivity index (χ2n) is 6.07. The maximum atomic E-state index is 12.5. The maximum Gasteiger partial charge on any atom is 0.363 e. The van der Waals surface area contributed by atoms with E-state index >= 15 is 0 Å². The van der Waals surface area contributed by atoms with E-state index in [0.29, 0.717) is 19.3 Å². The highest BCUT2D eigenvalue weighted by Gasteiger charge is 2.53. The van der Waals surface area contributed by atoms with Crippen LogP contribution in [0.15, 0.2) is 30.3 Å². The second-order valence-corrected chi connectivity index (χ2v) is 8.77. The Morgan fingerprint density at radius 1 is 1.19 bits per heavy atom. The standard InChI is InChI=1S/C18H27O7PS/c1-4-23-17(19)16(13-9-12-15-10-7-6-8-11-15)18(26-20,24-5-2)14-25-27(3,21)22/h6-8,10-11,16H,4-5,9,12-14H2,1-3H3/p+1. The molecule has 0 aliphatic carbocycles. The van der Waals surface area contributed by atoms with Gasteiger partial charge < -0.3 is 9.47 Å². The third-order valence-electron chi connectivity index (χ3n) is 4.00. The van der Waals surface area contributed by atoms with Crippen LogP contribution in [0, 0.1) is 5.92 Å². The molecule has 3 atom stereocenters. The van der Waals surface area contributed by atoms with Gasteiger partial charge in [-0.1, -0.05) is 34.9 Å². The first kappa shape index (κ1) is 23.7. The summed E-state index contributed by atoms with van der Waals surface area (Å²) in [6.07, 6.45) is 2.56. The van der Waals surface area contributed by atoms with Crippen LogP contribution < -0.4 is 0 Å². The van der Waals surface area contributed by atoms with E-state index in [2.05, 4.69) is 0 Å². The molecule has 0 bridgehead atoms. The topological polar surface area (TPSA) is 96.0 Å². The maximum absolute atomic E-state index is 12.5. The highest BCUT2D eigenvalue weighted by Crippen LogP contribution is 2.38. The smallest absolute Gasteiger partial charge is 0.363 e. The van der Waals surface area contributed by atoms with Crippen LogP contribution >= 0.6 is 8.46 Å². The van der Waals surface area contributed by atoms with E-state index in [1.54, 1.807) is 13.8 Å². The number of esters is 1. The van der Waals surface area contributed by atoms with Gasteiger partial charge in [0.2, 0.25) is 0 Å². The number of benzene rings is 1. The first-order valence-corrected chi connectivity index (χ1v) is 11.6. The minimum absolute atomic E-state index is 0.150. The number of rotatable bonds is 13. The first-order chi connectivity index (χ1) is 12.8. The van der Waals surface area contributed by atoms with Crippen LogP contribution in [0.25, 0.3) is 0 Å². The molecule has 0 saturated heterocycles. The summed E-state index contributed by atoms with van der Waals surface area (Å²) in [5, 5.41) is -1.57. The van der Waals surface area contributed by atoms with E-state index in [4.69, 9.17) is 13.7 Å². The van der Waals surface area contributed by atoms with Gasteiger partial charge in [0, 0.05) is 6.61 Å². The Bertz CT molecular complexity index is 693. The van der Waals surface area contributed by atoms with Crippen LogP contribution in [0.4, 0.5) is 0 Å². The molecule has 0 amide bonds. The van der Waals surface area contributed by atoms with Crippen molar-refractivity contribution >= 4 is 24.5 Å². The Hall–Kier alpha value is -1.34. The lowest BCUT2D eigenvalue weighted by atomic mass is 9.94. The molecule has 1 aromatic rings. The van der Waals surface area contributed by atoms with Gasteiger partial charge in [0.25, 0.3) is 10.1 Å². The Kier molecular flexibility index (Phi) is 10.1. The molecule has 152 valence electrons. The van der Waals surface area contributed by atoms with E-state index in [1.165, 1.54) is 0 Å². The van der Waals surface area contributed by atoms with Crippen LogP contribution in [0.5, 0.6) is 0 Å². The van der Waals surface area contributed by atoms with E-state index in [1.807, 2.05) is 30.3 Å². The van der Waals surface area contributed by atoms with E-state index in [0.717, 1.165) is 11.8 Å². The summed E-state index contributed by atoms with van der Waals surface area (Å²) >= 11 is 0. The predicted octanol–water partition coefficient (Wildman–Crippen LogP) is 2.92. The zero-order valence-electron chi connectivity index (χ0n) is 16.0. The van der Waals surface area contributed by atoms with Gasteiger partial charge in [-0.15, -0.1) is 0 Å². The molecular weight excluding hydrogens is 391 g/mol. The Balaban J connectivity index is 3.02. The van der Waals surface area contributed by atoms with Crippen LogP contribution in [0.3, 0.4) is 0 Å². The lowest BCUT2D eigenvalue weighted by molar-refractivity contribution is -0.158. The fourth-order valence-electron chi connectivity index (χ4n) is 2.76. The summed E-state index contributed by atoms with van der Waals surface area (Å²) in [6.45, 7) is 3.16. The van der Waals surface area contributed by atoms with Crippen molar-refractivity contribution < 1.29 is 31.4 Å². The van der Waals surface area contributed by atoms with Gasteiger partial charge in [-0.25, -0.2) is 0 Å². The molecule has 0 saturated carbocycles. The molecule has 3 unspecified atom stereocenters. The SMILES string of the molecule is CCOC(=O)C(CCCc1ccccc1)C(COS(C)(=O)=O)(OCC)[PH+]=O. The molecule has 0 aromatic heterocycles. The molecule has 1 rings (SSSR count). The van der Waals surface area contributed by atoms with Gasteiger partial charge in [0.15, 0.2) is 0 Å². The number of hydrogen-bond acceptors (Lipinski definition) is 7. The average molecular weight is 419 g/mol. The minimum atomic E-state index is -3.79. The second kappa shape index (κ2) is 11.5. The Morgan fingerprint density at radius 2 is 1.85 bits per heavy atom. The van der Waals surface area contributed by atoms with Crippen LogP contribution in [0.2, 0.25) is 0 Å². The number of carbonyl (C=O) groups is 1. The van der Waals surface area contributed by atoms with Gasteiger partial charge in [-0.2, -0.15) is 8.42 Å². The fourth-order valence-corrected chi connectivity index (χ4v) is 4.00. The summed E-state index contributed by atoms with van der Waals surface area (Å²) in [5.41, 5.74) is 1.11. The van der Waals surface area contributed by atoms with Crippen molar-refractivity contribution in [2.75, 3.05) is 26.1 Å². The highest BCUT2D eigenvalue weighted by atomic mass is 32.2. The molecule has 0 heterocycles. The molecule has 0 radical (unpaired) electrons. The quantitative estimate of drug-likeness (QED) is 0.276. The molecule has 0 aliphatic heterocycles. The zero-order chi connectivity index (χ0) is 20.3. The van der Waals surface area contributed by atoms with Crippen molar-refractivity contribution in [2.45, 2.75) is 38.5 Å². The Morgan fingerprint density at radius 3 is 2.37 bits per heavy atom. The van der Waals surface area contributed by atoms with Crippen molar-refractivity contribution in [1.29, 1.82) is 0 Å². The Labute approximate surface area is 162 Å². The third-order valence-corrected chi connectivity index (χ3v) is 5.53. The van der Waals surface area contributed by atoms with Crippen LogP contribution in [0.1, 0.15) is 32.3 Å². The lowest BCUT2D eigenvalue weighted by Gasteiger charge is -2.27. The molecule has 0 fully saturated rings. The minimum Gasteiger partial charge on any atom is -0.466 e. The van der Waals surface area contributed by atoms with Gasteiger partial charge in [-0.3, -0.25) is 8.98 Å². The summed E-state index contributed by atoms with van der Waals surface area (Å²) < 4.78 is 50.5. The van der Waals surface area contributed by atoms with Crippen molar-refractivity contribution in [1.82, 2.24) is 0 Å². The summed E-state index contributed by atoms with van der Waals surface area (Å²) in [7, 11) is -4.88. The van der Waals surface area contributed by atoms with Crippen LogP contribution in [-0.4, -0.2) is 45.8 Å². The molecular formula is C18H28O7PS+. The van der Waals surface area contributed by atoms with Gasteiger partial charge in [0.05, 0.1) is 12.9 Å². The van der Waals surface area contributed by atoms with E-state index in [-0.39, 0.29) is 13.2 Å². The number of carbonyl (C=O) groups excluding carboxylic acids is 1. The summed E-state index contributed by atoms with van der Waals surface area (Å²) in [4.78, 5) is 12.5. The first-order valence-electron chi connectivity index (χ1n) is 8.86. The van der Waals surface area contributed by atoms with Gasteiger partial charge in [0.1, 0.15) is 12.5 Å². The fraction of sp³-hybridized carbons (Fsp3) is 0.611. The molecule has 0 N–H and O–H groups in total. The molecule has 1 aromatic carbocycles. The molecule has 0 spiro atoms. The van der Waals surface area contributed by atoms with E-state index < -0.39 is 42.4 Å². The molecule has 9 heteroatoms. The monoisotopic (exact) mass is 419 g/mol. The van der Waals surface area contributed by atoms with Gasteiger partial charge >= 0.3 is 19.8 Å². The van der Waals surface area contributed by atoms with Crippen molar-refractivity contribution in [2.24, 2.45) is 5.92 Å². The number of ether oxygens (including phenoxy) is 2. The van der Waals surface area contributed by atoms with Crippen molar-refractivity contribution in [3.63, 3.8) is 0 Å². The molecule has 7 nitrogen and oxygen atoms in total. The predicted molar refractivity (Wildman–Crippen MR) is 104 cm³/mol. The van der Waals surface area contributed by atoms with Crippen molar-refractivity contribution in [3.05, 3.63) is 35.9 Å². The number of aryl methyl sites for hydroxylation is 1. The van der Waals surface area contributed by atoms with Gasteiger partial charge in [-0.05, 0) is 38.7 Å². The summed E-state index contributed by atoms with van der Waals surface area (Å²) in [6, 6.07) is 9.75. The van der Waals surface area contributed by atoms with Crippen LogP contribution in [-0.2, 0) is 39.6 Å². The average Bonchev–Trinajstić information content (AvgIpc) is 2.63. The highest BCUT2D eigenvalue weighted by molar-refractivity contribution is 7.86.